The standard InChI is InChI=1S/C21H22N2O5/c1-14-4-5-18-15(11-14)17(24)12-20(28-18)21(25)22-13-16(19-3-2-8-27-19)23-6-9-26-10-7-23/h2-5,8,11-12,16H,6-7,9-10,13H2,1H3,(H,22,25)/t16-/m0/s1. The van der Waals surface area contributed by atoms with E-state index in [1.807, 2.05) is 25.1 Å². The van der Waals surface area contributed by atoms with E-state index in [-0.39, 0.29) is 17.2 Å². The van der Waals surface area contributed by atoms with Gasteiger partial charge in [-0.05, 0) is 31.2 Å². The zero-order valence-corrected chi connectivity index (χ0v) is 15.6. The molecule has 1 atom stereocenters. The maximum absolute atomic E-state index is 12.6. The summed E-state index contributed by atoms with van der Waals surface area (Å²) in [6.07, 6.45) is 1.62. The predicted octanol–water partition coefficient (Wildman–Crippen LogP) is 2.50. The summed E-state index contributed by atoms with van der Waals surface area (Å²) in [5.41, 5.74) is 1.13. The Bertz CT molecular complexity index is 1020. The van der Waals surface area contributed by atoms with Gasteiger partial charge in [-0.1, -0.05) is 11.6 Å². The zero-order chi connectivity index (χ0) is 19.5. The Kier molecular flexibility index (Phi) is 5.27. The van der Waals surface area contributed by atoms with Crippen LogP contribution in [0.1, 0.15) is 27.9 Å². The summed E-state index contributed by atoms with van der Waals surface area (Å²) in [5.74, 6) is 0.351. The van der Waals surface area contributed by atoms with Crippen molar-refractivity contribution in [2.75, 3.05) is 32.8 Å². The highest BCUT2D eigenvalue weighted by atomic mass is 16.5. The van der Waals surface area contributed by atoms with Crippen molar-refractivity contribution in [1.82, 2.24) is 10.2 Å². The largest absolute Gasteiger partial charge is 0.468 e. The highest BCUT2D eigenvalue weighted by Gasteiger charge is 2.26. The van der Waals surface area contributed by atoms with Crippen LogP contribution in [-0.2, 0) is 4.74 Å². The van der Waals surface area contributed by atoms with E-state index < -0.39 is 5.91 Å². The molecule has 7 heteroatoms. The van der Waals surface area contributed by atoms with E-state index in [1.54, 1.807) is 18.4 Å². The Balaban J connectivity index is 1.53. The molecule has 0 spiro atoms. The minimum absolute atomic E-state index is 0.00141. The summed E-state index contributed by atoms with van der Waals surface area (Å²) >= 11 is 0. The molecule has 28 heavy (non-hydrogen) atoms. The first kappa shape index (κ1) is 18.5. The maximum Gasteiger partial charge on any atom is 0.287 e. The van der Waals surface area contributed by atoms with Crippen molar-refractivity contribution in [2.45, 2.75) is 13.0 Å². The Labute approximate surface area is 161 Å². The van der Waals surface area contributed by atoms with Gasteiger partial charge in [0.1, 0.15) is 11.3 Å². The third-order valence-electron chi connectivity index (χ3n) is 4.92. The average Bonchev–Trinajstić information content (AvgIpc) is 3.24. The van der Waals surface area contributed by atoms with Gasteiger partial charge in [0.2, 0.25) is 0 Å². The second-order valence-corrected chi connectivity index (χ2v) is 6.86. The fourth-order valence-electron chi connectivity index (χ4n) is 3.44. The number of hydrogen-bond donors (Lipinski definition) is 1. The van der Waals surface area contributed by atoms with Crippen LogP contribution in [0, 0.1) is 6.92 Å². The number of benzene rings is 1. The van der Waals surface area contributed by atoms with E-state index in [1.165, 1.54) is 6.07 Å². The van der Waals surface area contributed by atoms with E-state index in [2.05, 4.69) is 10.2 Å². The quantitative estimate of drug-likeness (QED) is 0.730. The number of carbonyl (C=O) groups excluding carboxylic acids is 1. The molecule has 2 aromatic heterocycles. The summed E-state index contributed by atoms with van der Waals surface area (Å²) in [7, 11) is 0. The van der Waals surface area contributed by atoms with E-state index in [4.69, 9.17) is 13.6 Å². The number of amides is 1. The van der Waals surface area contributed by atoms with Gasteiger partial charge in [0.25, 0.3) is 5.91 Å². The Morgan fingerprint density at radius 2 is 2.04 bits per heavy atom. The van der Waals surface area contributed by atoms with E-state index >= 15 is 0 Å². The van der Waals surface area contributed by atoms with Gasteiger partial charge in [0, 0.05) is 25.7 Å². The number of nitrogens with one attached hydrogen (secondary N) is 1. The molecule has 0 unspecified atom stereocenters. The van der Waals surface area contributed by atoms with Crippen LogP contribution < -0.4 is 10.7 Å². The molecule has 1 aliphatic heterocycles. The molecule has 1 aliphatic rings. The number of nitrogens with zero attached hydrogens (tertiary/aromatic N) is 1. The van der Waals surface area contributed by atoms with E-state index in [0.717, 1.165) is 24.4 Å². The summed E-state index contributed by atoms with van der Waals surface area (Å²) in [6.45, 7) is 5.04. The SMILES string of the molecule is Cc1ccc2oc(C(=O)NC[C@@H](c3ccco3)N3CCOCC3)cc(=O)c2c1. The monoisotopic (exact) mass is 382 g/mol. The van der Waals surface area contributed by atoms with Crippen LogP contribution in [0.15, 0.2) is 56.3 Å². The molecule has 0 aliphatic carbocycles. The van der Waals surface area contributed by atoms with Crippen LogP contribution in [0.2, 0.25) is 0 Å². The number of furan rings is 1. The molecule has 1 fully saturated rings. The highest BCUT2D eigenvalue weighted by Crippen LogP contribution is 2.22. The number of rotatable bonds is 5. The van der Waals surface area contributed by atoms with E-state index in [9.17, 15) is 9.59 Å². The van der Waals surface area contributed by atoms with Gasteiger partial charge >= 0.3 is 0 Å². The van der Waals surface area contributed by atoms with Crippen LogP contribution in [0.4, 0.5) is 0 Å². The van der Waals surface area contributed by atoms with Crippen molar-refractivity contribution in [1.29, 1.82) is 0 Å². The summed E-state index contributed by atoms with van der Waals surface area (Å²) in [4.78, 5) is 27.2. The molecule has 146 valence electrons. The second kappa shape index (κ2) is 8.00. The Hall–Kier alpha value is -2.90. The van der Waals surface area contributed by atoms with Crippen LogP contribution in [-0.4, -0.2) is 43.7 Å². The number of aryl methyl sites for hydroxylation is 1. The lowest BCUT2D eigenvalue weighted by atomic mass is 10.1. The second-order valence-electron chi connectivity index (χ2n) is 6.86. The summed E-state index contributed by atoms with van der Waals surface area (Å²) in [5, 5.41) is 3.34. The van der Waals surface area contributed by atoms with Gasteiger partial charge in [0.15, 0.2) is 11.2 Å². The third-order valence-corrected chi connectivity index (χ3v) is 4.92. The highest BCUT2D eigenvalue weighted by molar-refractivity contribution is 5.93. The molecule has 0 bridgehead atoms. The fraction of sp³-hybridized carbons (Fsp3) is 0.333. The van der Waals surface area contributed by atoms with Gasteiger partial charge in [-0.2, -0.15) is 0 Å². The number of ether oxygens (including phenoxy) is 1. The molecule has 7 nitrogen and oxygen atoms in total. The lowest BCUT2D eigenvalue weighted by Crippen LogP contribution is -2.43. The molecule has 1 N–H and O–H groups in total. The van der Waals surface area contributed by atoms with Gasteiger partial charge in [-0.15, -0.1) is 0 Å². The minimum Gasteiger partial charge on any atom is -0.468 e. The maximum atomic E-state index is 12.6. The van der Waals surface area contributed by atoms with Gasteiger partial charge in [0.05, 0.1) is 30.9 Å². The molecule has 4 rings (SSSR count). The van der Waals surface area contributed by atoms with Crippen molar-refractivity contribution >= 4 is 16.9 Å². The van der Waals surface area contributed by atoms with Crippen molar-refractivity contribution in [2.24, 2.45) is 0 Å². The molecular formula is C21H22N2O5. The Morgan fingerprint density at radius 3 is 2.79 bits per heavy atom. The van der Waals surface area contributed by atoms with Gasteiger partial charge in [-0.3, -0.25) is 14.5 Å². The minimum atomic E-state index is -0.426. The van der Waals surface area contributed by atoms with Crippen LogP contribution in [0.5, 0.6) is 0 Å². The van der Waals surface area contributed by atoms with Crippen molar-refractivity contribution < 1.29 is 18.4 Å². The molecular weight excluding hydrogens is 360 g/mol. The van der Waals surface area contributed by atoms with Crippen molar-refractivity contribution in [3.8, 4) is 0 Å². The number of morpholine rings is 1. The molecule has 3 heterocycles. The lowest BCUT2D eigenvalue weighted by molar-refractivity contribution is 0.0117. The number of hydrogen-bond acceptors (Lipinski definition) is 6. The molecule has 1 saturated heterocycles. The normalized spacial score (nSPS) is 16.2. The number of carbonyl (C=O) groups is 1. The molecule has 3 aromatic rings. The zero-order valence-electron chi connectivity index (χ0n) is 15.6. The van der Waals surface area contributed by atoms with Gasteiger partial charge < -0.3 is 18.9 Å². The predicted molar refractivity (Wildman–Crippen MR) is 103 cm³/mol. The Morgan fingerprint density at radius 1 is 1.21 bits per heavy atom. The fourth-order valence-corrected chi connectivity index (χ4v) is 3.44. The first-order valence-corrected chi connectivity index (χ1v) is 9.30. The summed E-state index contributed by atoms with van der Waals surface area (Å²) < 4.78 is 16.6. The number of fused-ring (bicyclic) bond motifs is 1. The average molecular weight is 382 g/mol. The molecule has 1 amide bonds. The van der Waals surface area contributed by atoms with Crippen molar-refractivity contribution in [3.63, 3.8) is 0 Å². The first-order valence-electron chi connectivity index (χ1n) is 9.30. The first-order chi connectivity index (χ1) is 13.6. The van der Waals surface area contributed by atoms with Crippen LogP contribution >= 0.6 is 0 Å². The van der Waals surface area contributed by atoms with Gasteiger partial charge in [-0.25, -0.2) is 0 Å². The molecule has 1 aromatic carbocycles. The summed E-state index contributed by atoms with van der Waals surface area (Å²) in [6, 6.07) is 10.2. The van der Waals surface area contributed by atoms with E-state index in [0.29, 0.717) is 30.7 Å². The third kappa shape index (κ3) is 3.85. The molecule has 0 saturated carbocycles. The topological polar surface area (TPSA) is 84.9 Å². The smallest absolute Gasteiger partial charge is 0.287 e. The lowest BCUT2D eigenvalue weighted by Gasteiger charge is -2.33. The van der Waals surface area contributed by atoms with Crippen molar-refractivity contribution in [3.05, 3.63) is 70.0 Å². The van der Waals surface area contributed by atoms with Crippen LogP contribution in [0.3, 0.4) is 0 Å². The van der Waals surface area contributed by atoms with Crippen LogP contribution in [0.25, 0.3) is 11.0 Å². The molecule has 0 radical (unpaired) electrons.